The Morgan fingerprint density at radius 2 is 1.15 bits per heavy atom. The van der Waals surface area contributed by atoms with Gasteiger partial charge < -0.3 is 4.67 Å². The van der Waals surface area contributed by atoms with Crippen molar-refractivity contribution in [2.45, 2.75) is 121 Å². The van der Waals surface area contributed by atoms with Crippen LogP contribution in [0.3, 0.4) is 0 Å². The van der Waals surface area contributed by atoms with Crippen LogP contribution in [0.2, 0.25) is 0 Å². The molecule has 0 N–H and O–H groups in total. The molecule has 0 saturated heterocycles. The molecule has 0 spiro atoms. The van der Waals surface area contributed by atoms with Gasteiger partial charge in [-0.2, -0.15) is 0 Å². The number of benzene rings is 2. The van der Waals surface area contributed by atoms with Crippen molar-refractivity contribution in [1.29, 1.82) is 0 Å². The van der Waals surface area contributed by atoms with Crippen molar-refractivity contribution >= 4 is 43.1 Å². The number of allylic oxidation sites excluding steroid dienone is 1. The third-order valence-corrected chi connectivity index (χ3v) is 15.1. The van der Waals surface area contributed by atoms with Crippen molar-refractivity contribution in [2.75, 3.05) is 10.8 Å². The van der Waals surface area contributed by atoms with E-state index in [0.29, 0.717) is 23.7 Å². The second-order valence-corrected chi connectivity index (χ2v) is 21.6. The van der Waals surface area contributed by atoms with Gasteiger partial charge in [0.15, 0.2) is 0 Å². The lowest BCUT2D eigenvalue weighted by Gasteiger charge is -2.37. The van der Waals surface area contributed by atoms with Gasteiger partial charge in [-0.05, 0) is 59.4 Å². The van der Waals surface area contributed by atoms with Crippen LogP contribution in [0.15, 0.2) is 52.9 Å². The number of hydrogen-bond acceptors (Lipinski definition) is 2. The largest absolute Gasteiger partial charge is 0.306 e. The molecule has 226 valence electrons. The summed E-state index contributed by atoms with van der Waals surface area (Å²) in [7, 11) is -1.57. The molecule has 2 aromatic rings. The molecule has 1 heterocycles. The molecule has 41 heavy (non-hydrogen) atoms. The zero-order valence-corrected chi connectivity index (χ0v) is 30.8. The molecule has 2 aromatic carbocycles. The average Bonchev–Trinajstić information content (AvgIpc) is 3.18. The second-order valence-electron chi connectivity index (χ2n) is 14.9. The summed E-state index contributed by atoms with van der Waals surface area (Å²) in [4.78, 5) is 5.58. The van der Waals surface area contributed by atoms with Crippen molar-refractivity contribution < 1.29 is 0 Å². The summed E-state index contributed by atoms with van der Waals surface area (Å²) >= 11 is 7.71. The molecule has 5 heteroatoms. The Bertz CT molecular complexity index is 1220. The number of anilines is 1. The minimum absolute atomic E-state index is 0.0149. The lowest BCUT2D eigenvalue weighted by Crippen LogP contribution is -2.25. The molecule has 0 bridgehead atoms. The normalized spacial score (nSPS) is 18.9. The first-order valence-electron chi connectivity index (χ1n) is 15.4. The summed E-state index contributed by atoms with van der Waals surface area (Å²) in [6, 6.07) is 13.6. The van der Waals surface area contributed by atoms with Gasteiger partial charge in [-0.15, -0.1) is 0 Å². The first-order valence-corrected chi connectivity index (χ1v) is 19.9. The van der Waals surface area contributed by atoms with E-state index in [0.717, 1.165) is 6.16 Å². The van der Waals surface area contributed by atoms with E-state index in [1.165, 1.54) is 45.0 Å². The monoisotopic (exact) mass is 612 g/mol. The minimum atomic E-state index is -0.951. The molecule has 1 aliphatic heterocycles. The predicted octanol–water partition coefficient (Wildman–Crippen LogP) is 13.7. The van der Waals surface area contributed by atoms with E-state index < -0.39 is 14.7 Å². The molecule has 2 nitrogen and oxygen atoms in total. The Kier molecular flexibility index (Phi) is 11.0. The van der Waals surface area contributed by atoms with Gasteiger partial charge in [0, 0.05) is 28.4 Å². The highest BCUT2D eigenvalue weighted by Gasteiger charge is 2.42. The summed E-state index contributed by atoms with van der Waals surface area (Å²) in [6.45, 7) is 32.3. The molecule has 0 aromatic heterocycles. The highest BCUT2D eigenvalue weighted by atomic mass is 35.7. The fourth-order valence-corrected chi connectivity index (χ4v) is 12.5. The molecular weight excluding hydrogens is 558 g/mol. The molecule has 2 atom stereocenters. The zero-order valence-electron chi connectivity index (χ0n) is 28.2. The number of hydrogen-bond donors (Lipinski definition) is 0. The van der Waals surface area contributed by atoms with Crippen LogP contribution in [0.4, 0.5) is 11.4 Å². The van der Waals surface area contributed by atoms with E-state index in [1.54, 1.807) is 0 Å². The molecule has 0 saturated carbocycles. The predicted molar refractivity (Wildman–Crippen MR) is 190 cm³/mol. The van der Waals surface area contributed by atoms with Gasteiger partial charge in [0.1, 0.15) is 7.11 Å². The van der Waals surface area contributed by atoms with Crippen LogP contribution in [0.1, 0.15) is 143 Å². The van der Waals surface area contributed by atoms with Gasteiger partial charge >= 0.3 is 0 Å². The van der Waals surface area contributed by atoms with E-state index in [1.807, 2.05) is 0 Å². The SMILES string of the molecule is CC(C)c1cccc(C(C)C)c1N=C(CP1C=C(C(C)(C)C)N(c2c(C(C)C)cccc2C(C)C)P1Cl)C(C)(C)C. The lowest BCUT2D eigenvalue weighted by molar-refractivity contribution is 0.501. The maximum atomic E-state index is 7.71. The summed E-state index contributed by atoms with van der Waals surface area (Å²) in [5.41, 5.74) is 10.6. The molecule has 0 fully saturated rings. The van der Waals surface area contributed by atoms with Gasteiger partial charge in [-0.3, -0.25) is 4.99 Å². The Balaban J connectivity index is 2.21. The Hall–Kier alpha value is -1.20. The average molecular weight is 613 g/mol. The lowest BCUT2D eigenvalue weighted by atomic mass is 9.89. The van der Waals surface area contributed by atoms with Crippen LogP contribution >= 0.6 is 26.0 Å². The summed E-state index contributed by atoms with van der Waals surface area (Å²) < 4.78 is 2.58. The van der Waals surface area contributed by atoms with Gasteiger partial charge in [0.05, 0.1) is 11.4 Å². The minimum Gasteiger partial charge on any atom is -0.306 e. The Morgan fingerprint density at radius 1 is 0.732 bits per heavy atom. The standard InChI is InChI=1S/C36H55ClN2P2/c1-23(2)27-17-15-18-28(24(3)4)33(27)38-31(35(9,10)11)21-40-22-32(36(12,13)14)39(41(40)37)34-29(25(5)6)19-16-20-30(34)26(7)8/h15-20,22-26H,21H2,1-14H3. The zero-order chi connectivity index (χ0) is 31.0. The van der Waals surface area contributed by atoms with Gasteiger partial charge in [-0.25, -0.2) is 0 Å². The number of nitrogens with zero attached hydrogens (tertiary/aromatic N) is 2. The van der Waals surface area contributed by atoms with Crippen LogP contribution in [-0.2, 0) is 0 Å². The Morgan fingerprint density at radius 3 is 1.51 bits per heavy atom. The number of para-hydroxylation sites is 2. The van der Waals surface area contributed by atoms with Crippen molar-refractivity contribution in [2.24, 2.45) is 15.8 Å². The van der Waals surface area contributed by atoms with Gasteiger partial charge in [-0.1, -0.05) is 145 Å². The molecule has 0 aliphatic carbocycles. The van der Waals surface area contributed by atoms with E-state index in [-0.39, 0.29) is 10.8 Å². The van der Waals surface area contributed by atoms with Gasteiger partial charge in [0.25, 0.3) is 0 Å². The van der Waals surface area contributed by atoms with Crippen LogP contribution in [0.5, 0.6) is 0 Å². The first-order chi connectivity index (χ1) is 18.9. The summed E-state index contributed by atoms with van der Waals surface area (Å²) in [6.07, 6.45) is 0.926. The fourth-order valence-electron chi connectivity index (χ4n) is 5.39. The highest BCUT2D eigenvalue weighted by Crippen LogP contribution is 2.82. The second kappa shape index (κ2) is 13.2. The van der Waals surface area contributed by atoms with Crippen molar-refractivity contribution in [3.8, 4) is 0 Å². The molecule has 2 unspecified atom stereocenters. The van der Waals surface area contributed by atoms with E-state index >= 15 is 0 Å². The number of aliphatic imine (C=N–C) groups is 1. The van der Waals surface area contributed by atoms with Crippen molar-refractivity contribution in [3.05, 3.63) is 70.2 Å². The number of rotatable bonds is 8. The maximum Gasteiger partial charge on any atom is 0.122 e. The Labute approximate surface area is 259 Å². The van der Waals surface area contributed by atoms with Crippen LogP contribution in [0, 0.1) is 10.8 Å². The van der Waals surface area contributed by atoms with Gasteiger partial charge in [0.2, 0.25) is 0 Å². The molecule has 1 aliphatic rings. The molecule has 0 radical (unpaired) electrons. The van der Waals surface area contributed by atoms with E-state index in [4.69, 9.17) is 16.2 Å². The third-order valence-electron chi connectivity index (χ3n) is 7.97. The van der Waals surface area contributed by atoms with Crippen LogP contribution in [0.25, 0.3) is 0 Å². The smallest absolute Gasteiger partial charge is 0.122 e. The summed E-state index contributed by atoms with van der Waals surface area (Å²) in [5, 5.41) is 0. The first kappa shape index (κ1) is 34.3. The van der Waals surface area contributed by atoms with Crippen LogP contribution < -0.4 is 4.67 Å². The highest BCUT2D eigenvalue weighted by molar-refractivity contribution is 8.42. The van der Waals surface area contributed by atoms with Crippen molar-refractivity contribution in [3.63, 3.8) is 0 Å². The van der Waals surface area contributed by atoms with Crippen molar-refractivity contribution in [1.82, 2.24) is 0 Å². The molecular formula is C36H55ClN2P2. The fraction of sp³-hybridized carbons (Fsp3) is 0.583. The van der Waals surface area contributed by atoms with Crippen LogP contribution in [-0.4, -0.2) is 11.9 Å². The van der Waals surface area contributed by atoms with E-state index in [9.17, 15) is 0 Å². The summed E-state index contributed by atoms with van der Waals surface area (Å²) in [5.74, 6) is 4.24. The number of halogens is 1. The third kappa shape index (κ3) is 7.66. The molecule has 0 amide bonds. The maximum absolute atomic E-state index is 7.71. The molecule has 3 rings (SSSR count). The van der Waals surface area contributed by atoms with E-state index in [2.05, 4.69) is 144 Å². The topological polar surface area (TPSA) is 15.6 Å². The quantitative estimate of drug-likeness (QED) is 0.214.